The Balaban J connectivity index is 2.50. The van der Waals surface area contributed by atoms with Crippen LogP contribution in [0.4, 0.5) is 10.1 Å². The molecule has 1 atom stereocenters. The normalized spacial score (nSPS) is 12.7. The van der Waals surface area contributed by atoms with Crippen molar-refractivity contribution >= 4 is 16.6 Å². The molecule has 0 aliphatic rings. The number of aromatic nitrogens is 1. The average molecular weight is 248 g/mol. The molecule has 4 heteroatoms. The van der Waals surface area contributed by atoms with Crippen molar-refractivity contribution in [1.29, 1.82) is 0 Å². The molecule has 0 saturated heterocycles. The van der Waals surface area contributed by atoms with Crippen LogP contribution in [0.1, 0.15) is 19.0 Å². The topological polar surface area (TPSA) is 45.1 Å². The summed E-state index contributed by atoms with van der Waals surface area (Å²) in [6, 6.07) is 6.39. The molecular formula is C14H17FN2O. The number of halogens is 1. The van der Waals surface area contributed by atoms with Crippen LogP contribution in [-0.2, 0) is 0 Å². The number of aliphatic hydroxyl groups is 1. The van der Waals surface area contributed by atoms with E-state index < -0.39 is 0 Å². The first kappa shape index (κ1) is 12.8. The summed E-state index contributed by atoms with van der Waals surface area (Å²) in [5, 5.41) is 13.2. The molecule has 0 aliphatic heterocycles. The second-order valence-electron chi connectivity index (χ2n) is 4.40. The highest BCUT2D eigenvalue weighted by atomic mass is 19.1. The van der Waals surface area contributed by atoms with Gasteiger partial charge >= 0.3 is 0 Å². The number of aryl methyl sites for hydroxylation is 1. The number of anilines is 1. The average Bonchev–Trinajstić information content (AvgIpc) is 2.36. The van der Waals surface area contributed by atoms with Crippen molar-refractivity contribution in [2.24, 2.45) is 0 Å². The van der Waals surface area contributed by atoms with Crippen LogP contribution in [-0.4, -0.2) is 22.7 Å². The van der Waals surface area contributed by atoms with E-state index in [4.69, 9.17) is 0 Å². The lowest BCUT2D eigenvalue weighted by molar-refractivity contribution is 0.272. The van der Waals surface area contributed by atoms with Gasteiger partial charge in [0, 0.05) is 22.8 Å². The van der Waals surface area contributed by atoms with Crippen molar-refractivity contribution in [1.82, 2.24) is 4.98 Å². The molecule has 0 bridgehead atoms. The molecule has 2 rings (SSSR count). The van der Waals surface area contributed by atoms with Crippen molar-refractivity contribution in [2.75, 3.05) is 11.9 Å². The second-order valence-corrected chi connectivity index (χ2v) is 4.40. The van der Waals surface area contributed by atoms with Crippen molar-refractivity contribution in [3.63, 3.8) is 0 Å². The van der Waals surface area contributed by atoms with Gasteiger partial charge in [-0.25, -0.2) is 4.39 Å². The van der Waals surface area contributed by atoms with Crippen LogP contribution < -0.4 is 5.32 Å². The molecular weight excluding hydrogens is 231 g/mol. The Bertz CT molecular complexity index is 553. The summed E-state index contributed by atoms with van der Waals surface area (Å²) in [4.78, 5) is 4.37. The zero-order valence-corrected chi connectivity index (χ0v) is 10.6. The number of aliphatic hydroxyl groups excluding tert-OH is 1. The molecule has 96 valence electrons. The molecule has 2 aromatic rings. The Hall–Kier alpha value is -1.68. The zero-order valence-electron chi connectivity index (χ0n) is 10.6. The lowest BCUT2D eigenvalue weighted by atomic mass is 10.1. The molecule has 18 heavy (non-hydrogen) atoms. The number of rotatable bonds is 4. The van der Waals surface area contributed by atoms with Gasteiger partial charge in [0.2, 0.25) is 0 Å². The van der Waals surface area contributed by atoms with Crippen molar-refractivity contribution in [3.05, 3.63) is 35.8 Å². The number of fused-ring (bicyclic) bond motifs is 1. The monoisotopic (exact) mass is 248 g/mol. The Kier molecular flexibility index (Phi) is 3.77. The summed E-state index contributed by atoms with van der Waals surface area (Å²) in [5.41, 5.74) is 2.44. The molecule has 3 nitrogen and oxygen atoms in total. The minimum Gasteiger partial charge on any atom is -0.394 e. The summed E-state index contributed by atoms with van der Waals surface area (Å²) in [7, 11) is 0. The number of benzene rings is 1. The van der Waals surface area contributed by atoms with Gasteiger partial charge in [0.25, 0.3) is 0 Å². The van der Waals surface area contributed by atoms with Crippen LogP contribution in [0.2, 0.25) is 0 Å². The van der Waals surface area contributed by atoms with E-state index in [0.717, 1.165) is 28.7 Å². The van der Waals surface area contributed by atoms with Gasteiger partial charge in [-0.05, 0) is 37.6 Å². The summed E-state index contributed by atoms with van der Waals surface area (Å²) in [6.07, 6.45) is 0.800. The van der Waals surface area contributed by atoms with E-state index in [1.54, 1.807) is 6.07 Å². The van der Waals surface area contributed by atoms with Crippen LogP contribution in [0.15, 0.2) is 24.3 Å². The zero-order chi connectivity index (χ0) is 13.1. The molecule has 0 saturated carbocycles. The smallest absolute Gasteiger partial charge is 0.124 e. The Morgan fingerprint density at radius 3 is 2.83 bits per heavy atom. The minimum atomic E-state index is -0.284. The summed E-state index contributed by atoms with van der Waals surface area (Å²) < 4.78 is 13.3. The first-order chi connectivity index (χ1) is 8.63. The number of hydrogen-bond acceptors (Lipinski definition) is 3. The van der Waals surface area contributed by atoms with E-state index in [-0.39, 0.29) is 18.5 Å². The molecule has 0 unspecified atom stereocenters. The molecule has 1 aromatic heterocycles. The fourth-order valence-corrected chi connectivity index (χ4v) is 1.95. The van der Waals surface area contributed by atoms with Crippen LogP contribution in [0.25, 0.3) is 10.9 Å². The fourth-order valence-electron chi connectivity index (χ4n) is 1.95. The molecule has 2 N–H and O–H groups in total. The third kappa shape index (κ3) is 2.59. The summed E-state index contributed by atoms with van der Waals surface area (Å²) in [6.45, 7) is 3.94. The van der Waals surface area contributed by atoms with Crippen LogP contribution in [0.5, 0.6) is 0 Å². The van der Waals surface area contributed by atoms with Crippen molar-refractivity contribution in [2.45, 2.75) is 26.3 Å². The third-order valence-corrected chi connectivity index (χ3v) is 2.97. The number of nitrogens with zero attached hydrogens (tertiary/aromatic N) is 1. The number of hydrogen-bond donors (Lipinski definition) is 2. The maximum absolute atomic E-state index is 13.3. The van der Waals surface area contributed by atoms with Crippen molar-refractivity contribution in [3.8, 4) is 0 Å². The lowest BCUT2D eigenvalue weighted by Gasteiger charge is -2.17. The first-order valence-electron chi connectivity index (χ1n) is 6.08. The molecule has 0 aliphatic carbocycles. The van der Waals surface area contributed by atoms with Crippen LogP contribution >= 0.6 is 0 Å². The molecule has 0 fully saturated rings. The van der Waals surface area contributed by atoms with E-state index >= 15 is 0 Å². The second kappa shape index (κ2) is 5.31. The summed E-state index contributed by atoms with van der Waals surface area (Å²) in [5.74, 6) is -0.284. The van der Waals surface area contributed by atoms with E-state index in [9.17, 15) is 9.50 Å². The predicted molar refractivity (Wildman–Crippen MR) is 71.2 cm³/mol. The van der Waals surface area contributed by atoms with Crippen LogP contribution in [0.3, 0.4) is 0 Å². The van der Waals surface area contributed by atoms with E-state index in [1.807, 2.05) is 19.9 Å². The van der Waals surface area contributed by atoms with Crippen LogP contribution in [0, 0.1) is 12.7 Å². The third-order valence-electron chi connectivity index (χ3n) is 2.97. The molecule has 1 heterocycles. The highest BCUT2D eigenvalue weighted by Crippen LogP contribution is 2.25. The molecule has 0 amide bonds. The van der Waals surface area contributed by atoms with E-state index in [1.165, 1.54) is 12.1 Å². The maximum Gasteiger partial charge on any atom is 0.124 e. The van der Waals surface area contributed by atoms with Gasteiger partial charge in [0.05, 0.1) is 12.1 Å². The van der Waals surface area contributed by atoms with E-state index in [2.05, 4.69) is 10.3 Å². The predicted octanol–water partition coefficient (Wildman–Crippen LogP) is 2.87. The molecule has 1 aromatic carbocycles. The largest absolute Gasteiger partial charge is 0.394 e. The molecule has 0 spiro atoms. The van der Waals surface area contributed by atoms with Gasteiger partial charge in [-0.15, -0.1) is 0 Å². The van der Waals surface area contributed by atoms with Gasteiger partial charge in [0.15, 0.2) is 0 Å². The van der Waals surface area contributed by atoms with E-state index in [0.29, 0.717) is 0 Å². The Labute approximate surface area is 106 Å². The van der Waals surface area contributed by atoms with Crippen molar-refractivity contribution < 1.29 is 9.50 Å². The first-order valence-corrected chi connectivity index (χ1v) is 6.08. The SMILES string of the molecule is CC[C@H](CO)Nc1cc(C)nc2ccc(F)cc12. The highest BCUT2D eigenvalue weighted by Gasteiger charge is 2.09. The van der Waals surface area contributed by atoms with Gasteiger partial charge in [-0.1, -0.05) is 6.92 Å². The minimum absolute atomic E-state index is 0.0294. The standard InChI is InChI=1S/C14H17FN2O/c1-3-11(8-18)17-14-6-9(2)16-13-5-4-10(15)7-12(13)14/h4-7,11,18H,3,8H2,1-2H3,(H,16,17)/t11-/m1/s1. The maximum atomic E-state index is 13.3. The Morgan fingerprint density at radius 2 is 2.17 bits per heavy atom. The molecule has 0 radical (unpaired) electrons. The number of pyridine rings is 1. The quantitative estimate of drug-likeness (QED) is 0.874. The van der Waals surface area contributed by atoms with Gasteiger partial charge < -0.3 is 10.4 Å². The van der Waals surface area contributed by atoms with Gasteiger partial charge in [-0.3, -0.25) is 4.98 Å². The summed E-state index contributed by atoms with van der Waals surface area (Å²) >= 11 is 0. The highest BCUT2D eigenvalue weighted by molar-refractivity contribution is 5.91. The van der Waals surface area contributed by atoms with Gasteiger partial charge in [0.1, 0.15) is 5.82 Å². The number of nitrogens with one attached hydrogen (secondary N) is 1. The fraction of sp³-hybridized carbons (Fsp3) is 0.357. The van der Waals surface area contributed by atoms with Gasteiger partial charge in [-0.2, -0.15) is 0 Å². The Morgan fingerprint density at radius 1 is 1.39 bits per heavy atom. The lowest BCUT2D eigenvalue weighted by Crippen LogP contribution is -2.22.